The lowest BCUT2D eigenvalue weighted by molar-refractivity contribution is 0.518. The standard InChI is InChI=1S/C20H25N3O/c1-13(2)14-9-10-16-15(11-14)19(12-20(24)22-16)23(4)18-8-6-5-7-17(18)21-3/h5-8,12,14,21H,1,9-11H2,2-4H3,(H,22,24)/t14-/m1/s1. The summed E-state index contributed by atoms with van der Waals surface area (Å²) >= 11 is 0. The number of allylic oxidation sites excluding steroid dienone is 1. The Morgan fingerprint density at radius 2 is 2.08 bits per heavy atom. The number of rotatable bonds is 4. The van der Waals surface area contributed by atoms with Crippen molar-refractivity contribution in [1.82, 2.24) is 4.98 Å². The highest BCUT2D eigenvalue weighted by Gasteiger charge is 2.24. The fourth-order valence-electron chi connectivity index (χ4n) is 3.56. The van der Waals surface area contributed by atoms with Crippen molar-refractivity contribution in [3.05, 3.63) is 64.1 Å². The average Bonchev–Trinajstić information content (AvgIpc) is 2.59. The van der Waals surface area contributed by atoms with Crippen molar-refractivity contribution in [3.63, 3.8) is 0 Å². The van der Waals surface area contributed by atoms with Crippen LogP contribution in [0.4, 0.5) is 17.1 Å². The Hall–Kier alpha value is -2.49. The van der Waals surface area contributed by atoms with Gasteiger partial charge in [0.25, 0.3) is 0 Å². The van der Waals surface area contributed by atoms with Crippen LogP contribution in [0.2, 0.25) is 0 Å². The molecule has 0 amide bonds. The number of hydrogen-bond acceptors (Lipinski definition) is 3. The second-order valence-electron chi connectivity index (χ2n) is 6.59. The molecule has 1 aliphatic rings. The molecular formula is C20H25N3O. The van der Waals surface area contributed by atoms with Crippen molar-refractivity contribution in [3.8, 4) is 0 Å². The number of aryl methyl sites for hydroxylation is 1. The Balaban J connectivity index is 2.09. The fourth-order valence-corrected chi connectivity index (χ4v) is 3.56. The van der Waals surface area contributed by atoms with Crippen LogP contribution in [0.25, 0.3) is 0 Å². The molecule has 126 valence electrons. The topological polar surface area (TPSA) is 48.1 Å². The van der Waals surface area contributed by atoms with Crippen molar-refractivity contribution >= 4 is 17.1 Å². The third-order valence-electron chi connectivity index (χ3n) is 5.00. The van der Waals surface area contributed by atoms with E-state index < -0.39 is 0 Å². The monoisotopic (exact) mass is 323 g/mol. The fraction of sp³-hybridized carbons (Fsp3) is 0.350. The molecule has 0 aliphatic heterocycles. The van der Waals surface area contributed by atoms with Gasteiger partial charge in [0.2, 0.25) is 5.56 Å². The molecule has 1 aromatic heterocycles. The molecular weight excluding hydrogens is 298 g/mol. The van der Waals surface area contributed by atoms with E-state index in [0.29, 0.717) is 5.92 Å². The van der Waals surface area contributed by atoms with Crippen molar-refractivity contribution < 1.29 is 0 Å². The summed E-state index contributed by atoms with van der Waals surface area (Å²) in [5.41, 5.74) is 6.59. The molecule has 0 unspecified atom stereocenters. The number of aromatic nitrogens is 1. The van der Waals surface area contributed by atoms with E-state index in [2.05, 4.69) is 34.8 Å². The van der Waals surface area contributed by atoms with Gasteiger partial charge in [-0.1, -0.05) is 24.3 Å². The van der Waals surface area contributed by atoms with Gasteiger partial charge in [-0.2, -0.15) is 0 Å². The van der Waals surface area contributed by atoms with Gasteiger partial charge in [-0.05, 0) is 49.8 Å². The Labute approximate surface area is 143 Å². The summed E-state index contributed by atoms with van der Waals surface area (Å²) in [6, 6.07) is 9.85. The molecule has 2 N–H and O–H groups in total. The SMILES string of the molecule is C=C(C)[C@@H]1CCc2[nH]c(=O)cc(N(C)c3ccccc3NC)c2C1. The molecule has 1 aromatic carbocycles. The molecule has 4 heteroatoms. The minimum atomic E-state index is -0.0358. The zero-order valence-electron chi connectivity index (χ0n) is 14.6. The summed E-state index contributed by atoms with van der Waals surface area (Å²) in [6.45, 7) is 6.23. The number of nitrogens with zero attached hydrogens (tertiary/aromatic N) is 1. The number of H-pyrrole nitrogens is 1. The maximum absolute atomic E-state index is 12.2. The normalized spacial score (nSPS) is 16.4. The number of fused-ring (bicyclic) bond motifs is 1. The minimum Gasteiger partial charge on any atom is -0.386 e. The van der Waals surface area contributed by atoms with Crippen LogP contribution in [0.15, 0.2) is 47.3 Å². The number of aromatic amines is 1. The van der Waals surface area contributed by atoms with Crippen molar-refractivity contribution in [2.75, 3.05) is 24.3 Å². The van der Waals surface area contributed by atoms with E-state index >= 15 is 0 Å². The maximum atomic E-state index is 12.2. The summed E-state index contributed by atoms with van der Waals surface area (Å²) in [7, 11) is 3.94. The number of anilines is 3. The molecule has 0 saturated heterocycles. The van der Waals surface area contributed by atoms with Gasteiger partial charge >= 0.3 is 0 Å². The number of para-hydroxylation sites is 2. The molecule has 0 spiro atoms. The van der Waals surface area contributed by atoms with E-state index in [1.165, 1.54) is 11.1 Å². The Morgan fingerprint density at radius 3 is 2.79 bits per heavy atom. The lowest BCUT2D eigenvalue weighted by Gasteiger charge is -2.30. The van der Waals surface area contributed by atoms with Gasteiger partial charge in [0.15, 0.2) is 0 Å². The second kappa shape index (κ2) is 6.56. The maximum Gasteiger partial charge on any atom is 0.250 e. The molecule has 4 nitrogen and oxygen atoms in total. The number of hydrogen-bond donors (Lipinski definition) is 2. The first-order chi connectivity index (χ1) is 11.5. The molecule has 1 heterocycles. The molecule has 24 heavy (non-hydrogen) atoms. The second-order valence-corrected chi connectivity index (χ2v) is 6.59. The molecule has 0 bridgehead atoms. The van der Waals surface area contributed by atoms with Crippen molar-refractivity contribution in [2.45, 2.75) is 26.2 Å². The third kappa shape index (κ3) is 2.96. The van der Waals surface area contributed by atoms with Crippen LogP contribution in [0, 0.1) is 5.92 Å². The van der Waals surface area contributed by atoms with Gasteiger partial charge in [0, 0.05) is 25.9 Å². The van der Waals surface area contributed by atoms with E-state index in [0.717, 1.165) is 42.0 Å². The largest absolute Gasteiger partial charge is 0.386 e. The highest BCUT2D eigenvalue weighted by molar-refractivity contribution is 5.77. The smallest absolute Gasteiger partial charge is 0.250 e. The van der Waals surface area contributed by atoms with E-state index in [9.17, 15) is 4.79 Å². The van der Waals surface area contributed by atoms with Crippen LogP contribution in [-0.2, 0) is 12.8 Å². The zero-order valence-corrected chi connectivity index (χ0v) is 14.6. The van der Waals surface area contributed by atoms with E-state index in [1.54, 1.807) is 6.07 Å². The minimum absolute atomic E-state index is 0.0358. The highest BCUT2D eigenvalue weighted by Crippen LogP contribution is 2.37. The Kier molecular flexibility index (Phi) is 4.47. The Morgan fingerprint density at radius 1 is 1.33 bits per heavy atom. The van der Waals surface area contributed by atoms with Crippen LogP contribution in [0.5, 0.6) is 0 Å². The first-order valence-corrected chi connectivity index (χ1v) is 8.42. The first kappa shape index (κ1) is 16.4. The van der Waals surface area contributed by atoms with Gasteiger partial charge in [-0.15, -0.1) is 0 Å². The van der Waals surface area contributed by atoms with Crippen LogP contribution < -0.4 is 15.8 Å². The summed E-state index contributed by atoms with van der Waals surface area (Å²) in [5.74, 6) is 0.482. The molecule has 3 rings (SSSR count). The molecule has 1 aliphatic carbocycles. The number of nitrogens with one attached hydrogen (secondary N) is 2. The van der Waals surface area contributed by atoms with Gasteiger partial charge in [-0.25, -0.2) is 0 Å². The summed E-state index contributed by atoms with van der Waals surface area (Å²) in [5, 5.41) is 3.23. The first-order valence-electron chi connectivity index (χ1n) is 8.42. The number of pyridine rings is 1. The predicted molar refractivity (Wildman–Crippen MR) is 101 cm³/mol. The molecule has 0 saturated carbocycles. The van der Waals surface area contributed by atoms with Gasteiger partial charge in [0.05, 0.1) is 17.1 Å². The molecule has 1 atom stereocenters. The lowest BCUT2D eigenvalue weighted by Crippen LogP contribution is -2.25. The molecule has 0 radical (unpaired) electrons. The summed E-state index contributed by atoms with van der Waals surface area (Å²) in [6.07, 6.45) is 2.89. The van der Waals surface area contributed by atoms with E-state index in [-0.39, 0.29) is 5.56 Å². The van der Waals surface area contributed by atoms with Crippen LogP contribution >= 0.6 is 0 Å². The summed E-state index contributed by atoms with van der Waals surface area (Å²) in [4.78, 5) is 17.3. The lowest BCUT2D eigenvalue weighted by atomic mass is 9.82. The highest BCUT2D eigenvalue weighted by atomic mass is 16.1. The van der Waals surface area contributed by atoms with E-state index in [1.807, 2.05) is 32.3 Å². The van der Waals surface area contributed by atoms with Crippen LogP contribution in [0.1, 0.15) is 24.6 Å². The van der Waals surface area contributed by atoms with Crippen LogP contribution in [0.3, 0.4) is 0 Å². The number of benzene rings is 1. The molecule has 0 fully saturated rings. The third-order valence-corrected chi connectivity index (χ3v) is 5.00. The Bertz CT molecular complexity index is 822. The van der Waals surface area contributed by atoms with Gasteiger partial charge < -0.3 is 15.2 Å². The van der Waals surface area contributed by atoms with Crippen LogP contribution in [-0.4, -0.2) is 19.1 Å². The van der Waals surface area contributed by atoms with Crippen molar-refractivity contribution in [2.24, 2.45) is 5.92 Å². The summed E-state index contributed by atoms with van der Waals surface area (Å²) < 4.78 is 0. The van der Waals surface area contributed by atoms with Gasteiger partial charge in [-0.3, -0.25) is 4.79 Å². The quantitative estimate of drug-likeness (QED) is 0.840. The average molecular weight is 323 g/mol. The van der Waals surface area contributed by atoms with E-state index in [4.69, 9.17) is 0 Å². The zero-order chi connectivity index (χ0) is 17.3. The van der Waals surface area contributed by atoms with Crippen molar-refractivity contribution in [1.29, 1.82) is 0 Å². The molecule has 2 aromatic rings. The predicted octanol–water partition coefficient (Wildman–Crippen LogP) is 3.87. The van der Waals surface area contributed by atoms with Gasteiger partial charge in [0.1, 0.15) is 0 Å².